The van der Waals surface area contributed by atoms with Crippen LogP contribution in [0.15, 0.2) is 58.9 Å². The van der Waals surface area contributed by atoms with Crippen LogP contribution in [-0.4, -0.2) is 12.1 Å². The predicted octanol–water partition coefficient (Wildman–Crippen LogP) is 2.91. The second-order valence-corrected chi connectivity index (χ2v) is 3.52. The van der Waals surface area contributed by atoms with Crippen LogP contribution in [0.4, 0.5) is 0 Å². The number of nitroso groups, excluding NO2 is 2. The molecule has 4 heteroatoms. The Morgan fingerprint density at radius 3 is 2.31 bits per heavy atom. The van der Waals surface area contributed by atoms with Crippen LogP contribution in [-0.2, 0) is 0 Å². The molecule has 0 spiro atoms. The maximum Gasteiger partial charge on any atom is 0.135 e. The van der Waals surface area contributed by atoms with Crippen molar-refractivity contribution in [2.24, 2.45) is 10.4 Å². The van der Waals surface area contributed by atoms with Crippen LogP contribution in [0.2, 0.25) is 0 Å². The second kappa shape index (κ2) is 4.61. The molecule has 1 aromatic rings. The van der Waals surface area contributed by atoms with Gasteiger partial charge >= 0.3 is 0 Å². The van der Waals surface area contributed by atoms with Crippen LogP contribution in [0.3, 0.4) is 0 Å². The summed E-state index contributed by atoms with van der Waals surface area (Å²) < 4.78 is 0. The Kier molecular flexibility index (Phi) is 3.00. The zero-order chi connectivity index (χ0) is 11.4. The number of benzene rings is 1. The summed E-state index contributed by atoms with van der Waals surface area (Å²) >= 11 is 0. The maximum atomic E-state index is 10.7. The summed E-state index contributed by atoms with van der Waals surface area (Å²) in [7, 11) is 0. The Morgan fingerprint density at radius 1 is 0.938 bits per heavy atom. The SMILES string of the molecule is O=NC1C=CC(N=O)C(c2ccccc2)=C1. The third kappa shape index (κ3) is 1.95. The molecule has 1 aliphatic carbocycles. The Balaban J connectivity index is 2.39. The minimum Gasteiger partial charge on any atom is -0.150 e. The summed E-state index contributed by atoms with van der Waals surface area (Å²) in [5, 5.41) is 5.96. The molecule has 2 rings (SSSR count). The molecule has 16 heavy (non-hydrogen) atoms. The summed E-state index contributed by atoms with van der Waals surface area (Å²) in [6.45, 7) is 0. The van der Waals surface area contributed by atoms with E-state index in [2.05, 4.69) is 10.4 Å². The Hall–Kier alpha value is -2.10. The number of rotatable bonds is 3. The highest BCUT2D eigenvalue weighted by atomic mass is 16.3. The summed E-state index contributed by atoms with van der Waals surface area (Å²) in [5.74, 6) is 0. The van der Waals surface area contributed by atoms with E-state index in [9.17, 15) is 9.81 Å². The van der Waals surface area contributed by atoms with Crippen molar-refractivity contribution in [3.05, 3.63) is 63.9 Å². The van der Waals surface area contributed by atoms with Gasteiger partial charge in [-0.25, -0.2) is 0 Å². The molecule has 1 aliphatic rings. The lowest BCUT2D eigenvalue weighted by Crippen LogP contribution is -2.12. The molecule has 0 fully saturated rings. The fourth-order valence-corrected chi connectivity index (χ4v) is 1.72. The van der Waals surface area contributed by atoms with Gasteiger partial charge in [-0.15, -0.1) is 9.81 Å². The van der Waals surface area contributed by atoms with Gasteiger partial charge < -0.3 is 0 Å². The van der Waals surface area contributed by atoms with Crippen molar-refractivity contribution in [1.29, 1.82) is 0 Å². The summed E-state index contributed by atoms with van der Waals surface area (Å²) in [4.78, 5) is 21.2. The van der Waals surface area contributed by atoms with Crippen LogP contribution in [0.5, 0.6) is 0 Å². The summed E-state index contributed by atoms with van der Waals surface area (Å²) in [6, 6.07) is 8.37. The molecular weight excluding hydrogens is 204 g/mol. The first-order chi connectivity index (χ1) is 7.85. The van der Waals surface area contributed by atoms with Gasteiger partial charge in [-0.05, 0) is 17.2 Å². The fraction of sp³-hybridized carbons (Fsp3) is 0.167. The van der Waals surface area contributed by atoms with Crippen LogP contribution in [0.1, 0.15) is 5.56 Å². The highest BCUT2D eigenvalue weighted by Gasteiger charge is 2.20. The normalized spacial score (nSPS) is 23.6. The van der Waals surface area contributed by atoms with Gasteiger partial charge in [0, 0.05) is 0 Å². The maximum absolute atomic E-state index is 10.7. The van der Waals surface area contributed by atoms with Crippen molar-refractivity contribution < 1.29 is 0 Å². The van der Waals surface area contributed by atoms with Gasteiger partial charge in [0.15, 0.2) is 0 Å². The van der Waals surface area contributed by atoms with E-state index < -0.39 is 12.1 Å². The van der Waals surface area contributed by atoms with E-state index >= 15 is 0 Å². The standard InChI is InChI=1S/C12H10N2O2/c15-13-10-6-7-12(14-16)11(8-10)9-4-2-1-3-5-9/h1-8,10,12H. The molecule has 0 bridgehead atoms. The average Bonchev–Trinajstić information content (AvgIpc) is 2.39. The number of hydrogen-bond acceptors (Lipinski definition) is 4. The zero-order valence-electron chi connectivity index (χ0n) is 8.48. The van der Waals surface area contributed by atoms with Gasteiger partial charge in [-0.2, -0.15) is 0 Å². The fourth-order valence-electron chi connectivity index (χ4n) is 1.72. The van der Waals surface area contributed by atoms with Crippen molar-refractivity contribution in [1.82, 2.24) is 0 Å². The molecule has 0 amide bonds. The molecule has 2 atom stereocenters. The van der Waals surface area contributed by atoms with Crippen molar-refractivity contribution in [2.75, 3.05) is 0 Å². The molecule has 0 heterocycles. The second-order valence-electron chi connectivity index (χ2n) is 3.52. The van der Waals surface area contributed by atoms with E-state index in [1.54, 1.807) is 18.2 Å². The Labute approximate surface area is 92.6 Å². The third-order valence-corrected chi connectivity index (χ3v) is 2.50. The van der Waals surface area contributed by atoms with Gasteiger partial charge in [0.05, 0.1) is 0 Å². The predicted molar refractivity (Wildman–Crippen MR) is 62.7 cm³/mol. The highest BCUT2D eigenvalue weighted by Crippen LogP contribution is 2.26. The van der Waals surface area contributed by atoms with E-state index in [-0.39, 0.29) is 0 Å². The minimum atomic E-state index is -0.527. The summed E-state index contributed by atoms with van der Waals surface area (Å²) in [5.41, 5.74) is 1.63. The van der Waals surface area contributed by atoms with Gasteiger partial charge in [0.1, 0.15) is 12.1 Å². The zero-order valence-corrected chi connectivity index (χ0v) is 8.48. The quantitative estimate of drug-likeness (QED) is 0.573. The van der Waals surface area contributed by atoms with Crippen molar-refractivity contribution in [3.8, 4) is 0 Å². The van der Waals surface area contributed by atoms with Crippen molar-refractivity contribution in [2.45, 2.75) is 12.1 Å². The minimum absolute atomic E-state index is 0.506. The van der Waals surface area contributed by atoms with Gasteiger partial charge in [0.25, 0.3) is 0 Å². The topological polar surface area (TPSA) is 58.9 Å². The number of nitrogens with zero attached hydrogens (tertiary/aromatic N) is 2. The molecule has 0 saturated carbocycles. The first kappa shape index (κ1) is 10.4. The van der Waals surface area contributed by atoms with Gasteiger partial charge in [0.2, 0.25) is 0 Å². The van der Waals surface area contributed by atoms with Crippen LogP contribution >= 0.6 is 0 Å². The third-order valence-electron chi connectivity index (χ3n) is 2.50. The largest absolute Gasteiger partial charge is 0.150 e. The molecule has 0 N–H and O–H groups in total. The molecule has 80 valence electrons. The average molecular weight is 214 g/mol. The van der Waals surface area contributed by atoms with E-state index in [0.29, 0.717) is 0 Å². The molecule has 1 aromatic carbocycles. The van der Waals surface area contributed by atoms with Crippen molar-refractivity contribution >= 4 is 5.57 Å². The monoisotopic (exact) mass is 214 g/mol. The van der Waals surface area contributed by atoms with Gasteiger partial charge in [-0.3, -0.25) is 0 Å². The lowest BCUT2D eigenvalue weighted by Gasteiger charge is -2.15. The lowest BCUT2D eigenvalue weighted by molar-refractivity contribution is 0.929. The van der Waals surface area contributed by atoms with E-state index in [1.807, 2.05) is 30.3 Å². The smallest absolute Gasteiger partial charge is 0.135 e. The molecule has 4 nitrogen and oxygen atoms in total. The highest BCUT2D eigenvalue weighted by molar-refractivity contribution is 5.73. The molecule has 0 radical (unpaired) electrons. The van der Waals surface area contributed by atoms with E-state index in [1.165, 1.54) is 0 Å². The lowest BCUT2D eigenvalue weighted by atomic mass is 9.92. The molecule has 0 saturated heterocycles. The molecule has 2 unspecified atom stereocenters. The number of hydrogen-bond donors (Lipinski definition) is 0. The molecule has 0 aliphatic heterocycles. The van der Waals surface area contributed by atoms with E-state index in [0.717, 1.165) is 11.1 Å². The van der Waals surface area contributed by atoms with E-state index in [4.69, 9.17) is 0 Å². The van der Waals surface area contributed by atoms with Gasteiger partial charge in [-0.1, -0.05) is 52.8 Å². The molecular formula is C12H10N2O2. The van der Waals surface area contributed by atoms with Crippen LogP contribution in [0.25, 0.3) is 5.57 Å². The first-order valence-corrected chi connectivity index (χ1v) is 4.95. The Morgan fingerprint density at radius 2 is 1.69 bits per heavy atom. The molecule has 0 aromatic heterocycles. The summed E-state index contributed by atoms with van der Waals surface area (Å²) in [6.07, 6.45) is 4.88. The van der Waals surface area contributed by atoms with Crippen LogP contribution in [0, 0.1) is 9.81 Å². The van der Waals surface area contributed by atoms with Crippen LogP contribution < -0.4 is 0 Å². The first-order valence-electron chi connectivity index (χ1n) is 4.95. The Bertz CT molecular complexity index is 451. The van der Waals surface area contributed by atoms with Crippen molar-refractivity contribution in [3.63, 3.8) is 0 Å².